The van der Waals surface area contributed by atoms with E-state index in [1.165, 1.54) is 24.3 Å². The average molecular weight is 488 g/mol. The van der Waals surface area contributed by atoms with Crippen LogP contribution < -0.4 is 10.1 Å². The van der Waals surface area contributed by atoms with Crippen LogP contribution in [0, 0.1) is 5.41 Å². The second kappa shape index (κ2) is 11.8. The molecule has 2 rings (SSSR count). The van der Waals surface area contributed by atoms with Crippen molar-refractivity contribution < 1.29 is 36.6 Å². The summed E-state index contributed by atoms with van der Waals surface area (Å²) in [6.07, 6.45) is 1.36. The minimum absolute atomic E-state index is 0.0779. The third-order valence-corrected chi connectivity index (χ3v) is 6.48. The molecule has 8 nitrogen and oxygen atoms in total. The predicted molar refractivity (Wildman–Crippen MR) is 122 cm³/mol. The summed E-state index contributed by atoms with van der Waals surface area (Å²) in [5.74, 6) is -0.0458. The monoisotopic (exact) mass is 487 g/mol. The number of nitrogens with one attached hydrogen (secondary N) is 1. The molecule has 0 saturated carbocycles. The molecule has 1 amide bonds. The van der Waals surface area contributed by atoms with Crippen LogP contribution >= 0.6 is 0 Å². The first kappa shape index (κ1) is 27.1. The Labute approximate surface area is 195 Å². The van der Waals surface area contributed by atoms with Gasteiger partial charge in [0.1, 0.15) is 18.0 Å². The molecule has 0 bridgehead atoms. The van der Waals surface area contributed by atoms with E-state index >= 15 is 0 Å². The summed E-state index contributed by atoms with van der Waals surface area (Å²) < 4.78 is 59.7. The van der Waals surface area contributed by atoms with Crippen LogP contribution in [0.25, 0.3) is 0 Å². The maximum Gasteiger partial charge on any atom is 0.407 e. The van der Waals surface area contributed by atoms with Gasteiger partial charge in [-0.25, -0.2) is 17.6 Å². The number of ether oxygens (including phenoxy) is 4. The second-order valence-corrected chi connectivity index (χ2v) is 11.3. The number of benzene rings is 1. The van der Waals surface area contributed by atoms with Crippen molar-refractivity contribution in [1.82, 2.24) is 5.32 Å². The number of hydrogen-bond acceptors (Lipinski definition) is 7. The Kier molecular flexibility index (Phi) is 9.69. The van der Waals surface area contributed by atoms with E-state index in [1.807, 2.05) is 0 Å². The molecular formula is C23H34FNO7S. The van der Waals surface area contributed by atoms with E-state index < -0.39 is 27.5 Å². The fourth-order valence-electron chi connectivity index (χ4n) is 3.01. The highest BCUT2D eigenvalue weighted by Crippen LogP contribution is 2.30. The van der Waals surface area contributed by atoms with Crippen molar-refractivity contribution in [2.45, 2.75) is 51.0 Å². The fraction of sp³-hybridized carbons (Fsp3) is 0.609. The van der Waals surface area contributed by atoms with Crippen LogP contribution in [0.2, 0.25) is 0 Å². The minimum Gasteiger partial charge on any atom is -0.489 e. The van der Waals surface area contributed by atoms with Gasteiger partial charge >= 0.3 is 6.09 Å². The number of sulfone groups is 1. The van der Waals surface area contributed by atoms with Crippen LogP contribution in [0.1, 0.15) is 40.5 Å². The third-order valence-electron chi connectivity index (χ3n) is 5.01. The SMILES string of the molecule is CC1(COCS(=O)(=O)c2ccc(OC/C(=C/F)CNC(=O)OC(C)(C)C)cc2)CCOCC1. The van der Waals surface area contributed by atoms with Gasteiger partial charge < -0.3 is 24.3 Å². The lowest BCUT2D eigenvalue weighted by molar-refractivity contribution is -0.0210. The topological polar surface area (TPSA) is 100 Å². The molecule has 1 fully saturated rings. The van der Waals surface area contributed by atoms with Gasteiger partial charge in [-0.1, -0.05) is 6.92 Å². The van der Waals surface area contributed by atoms with Crippen molar-refractivity contribution in [2.75, 3.05) is 38.9 Å². The first-order chi connectivity index (χ1) is 15.4. The van der Waals surface area contributed by atoms with E-state index in [-0.39, 0.29) is 29.0 Å². The first-order valence-electron chi connectivity index (χ1n) is 10.8. The van der Waals surface area contributed by atoms with Crippen LogP contribution in [0.15, 0.2) is 41.1 Å². The Morgan fingerprint density at radius 3 is 2.42 bits per heavy atom. The van der Waals surface area contributed by atoms with Crippen molar-refractivity contribution in [3.63, 3.8) is 0 Å². The molecule has 1 saturated heterocycles. The molecule has 1 N–H and O–H groups in total. The van der Waals surface area contributed by atoms with Gasteiger partial charge in [0.2, 0.25) is 9.84 Å². The molecule has 186 valence electrons. The Bertz CT molecular complexity index is 902. The molecule has 0 aromatic heterocycles. The van der Waals surface area contributed by atoms with Crippen molar-refractivity contribution in [1.29, 1.82) is 0 Å². The number of amides is 1. The maximum absolute atomic E-state index is 13.1. The zero-order valence-corrected chi connectivity index (χ0v) is 20.5. The van der Waals surface area contributed by atoms with Gasteiger partial charge in [0.05, 0.1) is 17.8 Å². The standard InChI is InChI=1S/C23H34FNO7S/c1-22(2,3)32-21(26)25-14-18(13-24)15-31-19-5-7-20(8-6-19)33(27,28)17-30-16-23(4)9-11-29-12-10-23/h5-8,13H,9-12,14-17H2,1-4H3,(H,25,26)/b18-13+. The number of hydrogen-bond donors (Lipinski definition) is 1. The van der Waals surface area contributed by atoms with Gasteiger partial charge in [-0.15, -0.1) is 0 Å². The van der Waals surface area contributed by atoms with E-state index in [0.717, 1.165) is 12.8 Å². The summed E-state index contributed by atoms with van der Waals surface area (Å²) >= 11 is 0. The normalized spacial score (nSPS) is 16.8. The minimum atomic E-state index is -3.62. The number of halogens is 1. The van der Waals surface area contributed by atoms with Gasteiger partial charge in [-0.3, -0.25) is 0 Å². The molecule has 1 aromatic rings. The largest absolute Gasteiger partial charge is 0.489 e. The quantitative estimate of drug-likeness (QED) is 0.532. The van der Waals surface area contributed by atoms with Gasteiger partial charge in [-0.2, -0.15) is 0 Å². The molecule has 0 aliphatic carbocycles. The molecule has 33 heavy (non-hydrogen) atoms. The number of alkyl carbamates (subject to hydrolysis) is 1. The number of carbonyl (C=O) groups is 1. The van der Waals surface area contributed by atoms with Crippen molar-refractivity contribution in [3.05, 3.63) is 36.2 Å². The van der Waals surface area contributed by atoms with E-state index in [1.54, 1.807) is 20.8 Å². The lowest BCUT2D eigenvalue weighted by Crippen LogP contribution is -2.34. The summed E-state index contributed by atoms with van der Waals surface area (Å²) in [7, 11) is -3.62. The zero-order chi connectivity index (χ0) is 24.5. The molecule has 10 heteroatoms. The lowest BCUT2D eigenvalue weighted by Gasteiger charge is -2.32. The van der Waals surface area contributed by atoms with Crippen LogP contribution in [-0.2, 0) is 24.0 Å². The predicted octanol–water partition coefficient (Wildman–Crippen LogP) is 4.01. The Hall–Kier alpha value is -2.17. The lowest BCUT2D eigenvalue weighted by atomic mass is 9.83. The highest BCUT2D eigenvalue weighted by molar-refractivity contribution is 7.91. The Morgan fingerprint density at radius 2 is 1.85 bits per heavy atom. The first-order valence-corrected chi connectivity index (χ1v) is 12.4. The Morgan fingerprint density at radius 1 is 1.21 bits per heavy atom. The molecule has 1 aliphatic heterocycles. The number of carbonyl (C=O) groups excluding carboxylic acids is 1. The highest BCUT2D eigenvalue weighted by Gasteiger charge is 2.28. The van der Waals surface area contributed by atoms with E-state index in [0.29, 0.717) is 31.9 Å². The number of rotatable bonds is 10. The summed E-state index contributed by atoms with van der Waals surface area (Å²) in [4.78, 5) is 11.8. The molecule has 0 atom stereocenters. The molecule has 0 radical (unpaired) electrons. The molecule has 0 unspecified atom stereocenters. The van der Waals surface area contributed by atoms with Crippen LogP contribution in [0.4, 0.5) is 9.18 Å². The zero-order valence-electron chi connectivity index (χ0n) is 19.7. The molecule has 1 aromatic carbocycles. The van der Waals surface area contributed by atoms with Gasteiger partial charge in [0, 0.05) is 25.3 Å². The Balaban J connectivity index is 1.81. The van der Waals surface area contributed by atoms with Crippen LogP contribution in [0.3, 0.4) is 0 Å². The smallest absolute Gasteiger partial charge is 0.407 e. The van der Waals surface area contributed by atoms with Gasteiger partial charge in [0.25, 0.3) is 0 Å². The summed E-state index contributed by atoms with van der Waals surface area (Å²) in [5.41, 5.74) is -0.547. The van der Waals surface area contributed by atoms with E-state index in [9.17, 15) is 17.6 Å². The summed E-state index contributed by atoms with van der Waals surface area (Å²) in [5, 5.41) is 2.45. The molecule has 0 spiro atoms. The molecule has 1 heterocycles. The van der Waals surface area contributed by atoms with Crippen LogP contribution in [0.5, 0.6) is 5.75 Å². The van der Waals surface area contributed by atoms with Crippen molar-refractivity contribution >= 4 is 15.9 Å². The van der Waals surface area contributed by atoms with Crippen molar-refractivity contribution in [2.24, 2.45) is 5.41 Å². The summed E-state index contributed by atoms with van der Waals surface area (Å²) in [6, 6.07) is 5.82. The average Bonchev–Trinajstić information content (AvgIpc) is 2.73. The molecule has 1 aliphatic rings. The van der Waals surface area contributed by atoms with E-state index in [4.69, 9.17) is 18.9 Å². The van der Waals surface area contributed by atoms with Crippen molar-refractivity contribution in [3.8, 4) is 5.75 Å². The third kappa shape index (κ3) is 9.69. The van der Waals surface area contributed by atoms with Gasteiger partial charge in [0.15, 0.2) is 5.94 Å². The maximum atomic E-state index is 13.1. The van der Waals surface area contributed by atoms with E-state index in [2.05, 4.69) is 12.2 Å². The second-order valence-electron chi connectivity index (χ2n) is 9.39. The van der Waals surface area contributed by atoms with Gasteiger partial charge in [-0.05, 0) is 63.3 Å². The fourth-order valence-corrected chi connectivity index (χ4v) is 4.00. The van der Waals surface area contributed by atoms with Crippen LogP contribution in [-0.4, -0.2) is 59.0 Å². The summed E-state index contributed by atoms with van der Waals surface area (Å²) in [6.45, 7) is 8.71. The molecular weight excluding hydrogens is 453 g/mol. The highest BCUT2D eigenvalue weighted by atomic mass is 32.2.